The normalized spacial score (nSPS) is 14.4. The number of carbonyl (C=O) groups excluding carboxylic acids is 1. The van der Waals surface area contributed by atoms with Gasteiger partial charge in [0.25, 0.3) is 0 Å². The van der Waals surface area contributed by atoms with Crippen molar-refractivity contribution in [3.63, 3.8) is 0 Å². The average Bonchev–Trinajstić information content (AvgIpc) is 2.63. The number of carboxylic acids is 1. The van der Waals surface area contributed by atoms with Crippen LogP contribution in [-0.2, 0) is 21.1 Å². The summed E-state index contributed by atoms with van der Waals surface area (Å²) in [6, 6.07) is 4.56. The lowest BCUT2D eigenvalue weighted by Gasteiger charge is -2.17. The summed E-state index contributed by atoms with van der Waals surface area (Å²) < 4.78 is 22.2. The van der Waals surface area contributed by atoms with Gasteiger partial charge in [-0.3, -0.25) is 4.79 Å². The van der Waals surface area contributed by atoms with Crippen molar-refractivity contribution in [3.8, 4) is 0 Å². The van der Waals surface area contributed by atoms with E-state index < -0.39 is 15.8 Å². The molecule has 1 heterocycles. The van der Waals surface area contributed by atoms with E-state index in [2.05, 4.69) is 0 Å². The van der Waals surface area contributed by atoms with Crippen LogP contribution in [0.15, 0.2) is 18.2 Å². The minimum absolute atomic E-state index is 0.00470. The van der Waals surface area contributed by atoms with Crippen molar-refractivity contribution in [2.24, 2.45) is 0 Å². The lowest BCUT2D eigenvalue weighted by molar-refractivity contribution is -0.117. The van der Waals surface area contributed by atoms with Crippen LogP contribution in [0, 0.1) is 0 Å². The van der Waals surface area contributed by atoms with Crippen LogP contribution < -0.4 is 4.90 Å². The lowest BCUT2D eigenvalue weighted by Crippen LogP contribution is -2.29. The molecule has 0 aliphatic carbocycles. The zero-order valence-electron chi connectivity index (χ0n) is 11.0. The molecule has 0 bridgehead atoms. The van der Waals surface area contributed by atoms with Crippen molar-refractivity contribution < 1.29 is 23.1 Å². The van der Waals surface area contributed by atoms with Gasteiger partial charge < -0.3 is 10.0 Å². The van der Waals surface area contributed by atoms with Crippen LogP contribution in [0.4, 0.5) is 5.69 Å². The van der Waals surface area contributed by atoms with E-state index in [1.807, 2.05) is 0 Å². The molecule has 0 saturated heterocycles. The van der Waals surface area contributed by atoms with Gasteiger partial charge in [-0.1, -0.05) is 6.07 Å². The highest BCUT2D eigenvalue weighted by atomic mass is 32.2. The van der Waals surface area contributed by atoms with E-state index in [0.29, 0.717) is 12.1 Å². The van der Waals surface area contributed by atoms with E-state index in [4.69, 9.17) is 5.11 Å². The van der Waals surface area contributed by atoms with E-state index in [-0.39, 0.29) is 30.2 Å². The molecule has 20 heavy (non-hydrogen) atoms. The SMILES string of the molecule is CS(=O)(=O)CCCN1C(=O)Cc2ccc(C(=O)O)cc21. The highest BCUT2D eigenvalue weighted by molar-refractivity contribution is 7.90. The number of hydrogen-bond acceptors (Lipinski definition) is 4. The third-order valence-electron chi connectivity index (χ3n) is 3.16. The van der Waals surface area contributed by atoms with Crippen molar-refractivity contribution in [3.05, 3.63) is 29.3 Å². The molecule has 0 aromatic heterocycles. The predicted octanol–water partition coefficient (Wildman–Crippen LogP) is 0.709. The Balaban J connectivity index is 2.18. The summed E-state index contributed by atoms with van der Waals surface area (Å²) in [5, 5.41) is 8.97. The number of hydrogen-bond donors (Lipinski definition) is 1. The van der Waals surface area contributed by atoms with Crippen LogP contribution in [0.25, 0.3) is 0 Å². The fraction of sp³-hybridized carbons (Fsp3) is 0.385. The van der Waals surface area contributed by atoms with Crippen molar-refractivity contribution in [1.82, 2.24) is 0 Å². The Morgan fingerprint density at radius 1 is 1.40 bits per heavy atom. The van der Waals surface area contributed by atoms with Crippen molar-refractivity contribution in [1.29, 1.82) is 0 Å². The first kappa shape index (κ1) is 14.5. The fourth-order valence-corrected chi connectivity index (χ4v) is 2.87. The van der Waals surface area contributed by atoms with Crippen molar-refractivity contribution in [2.75, 3.05) is 23.5 Å². The Labute approximate surface area is 116 Å². The number of rotatable bonds is 5. The molecule has 0 fully saturated rings. The van der Waals surface area contributed by atoms with E-state index in [0.717, 1.165) is 11.8 Å². The Kier molecular flexibility index (Phi) is 3.80. The summed E-state index contributed by atoms with van der Waals surface area (Å²) >= 11 is 0. The van der Waals surface area contributed by atoms with Gasteiger partial charge in [0.2, 0.25) is 5.91 Å². The van der Waals surface area contributed by atoms with E-state index in [1.54, 1.807) is 6.07 Å². The van der Waals surface area contributed by atoms with E-state index in [1.165, 1.54) is 17.0 Å². The van der Waals surface area contributed by atoms with Gasteiger partial charge in [0.05, 0.1) is 17.7 Å². The largest absolute Gasteiger partial charge is 0.478 e. The van der Waals surface area contributed by atoms with Crippen LogP contribution in [0.3, 0.4) is 0 Å². The smallest absolute Gasteiger partial charge is 0.335 e. The van der Waals surface area contributed by atoms with Gasteiger partial charge in [-0.15, -0.1) is 0 Å². The monoisotopic (exact) mass is 297 g/mol. The number of carboxylic acid groups (broad SMARTS) is 1. The molecule has 0 spiro atoms. The van der Waals surface area contributed by atoms with Gasteiger partial charge >= 0.3 is 5.97 Å². The number of nitrogens with zero attached hydrogens (tertiary/aromatic N) is 1. The van der Waals surface area contributed by atoms with Gasteiger partial charge in [0.15, 0.2) is 0 Å². The summed E-state index contributed by atoms with van der Waals surface area (Å²) in [5.41, 5.74) is 1.47. The van der Waals surface area contributed by atoms with Crippen LogP contribution >= 0.6 is 0 Å². The molecule has 1 N–H and O–H groups in total. The van der Waals surface area contributed by atoms with Gasteiger partial charge in [0.1, 0.15) is 9.84 Å². The highest BCUT2D eigenvalue weighted by Crippen LogP contribution is 2.30. The van der Waals surface area contributed by atoms with Gasteiger partial charge in [-0.2, -0.15) is 0 Å². The van der Waals surface area contributed by atoms with Crippen LogP contribution in [0.5, 0.6) is 0 Å². The first-order valence-electron chi connectivity index (χ1n) is 6.12. The number of fused-ring (bicyclic) bond motifs is 1. The third-order valence-corrected chi connectivity index (χ3v) is 4.19. The van der Waals surface area contributed by atoms with Crippen molar-refractivity contribution >= 4 is 27.4 Å². The summed E-state index contributed by atoms with van der Waals surface area (Å²) in [4.78, 5) is 24.3. The highest BCUT2D eigenvalue weighted by Gasteiger charge is 2.27. The van der Waals surface area contributed by atoms with E-state index >= 15 is 0 Å². The second kappa shape index (κ2) is 5.24. The maximum Gasteiger partial charge on any atom is 0.335 e. The Morgan fingerprint density at radius 2 is 2.10 bits per heavy atom. The van der Waals surface area contributed by atoms with Crippen LogP contribution in [-0.4, -0.2) is 44.0 Å². The number of amides is 1. The number of benzene rings is 1. The van der Waals surface area contributed by atoms with Gasteiger partial charge in [-0.05, 0) is 24.1 Å². The minimum Gasteiger partial charge on any atom is -0.478 e. The molecule has 108 valence electrons. The molecule has 2 rings (SSSR count). The van der Waals surface area contributed by atoms with E-state index in [9.17, 15) is 18.0 Å². The molecule has 1 aromatic rings. The zero-order valence-corrected chi connectivity index (χ0v) is 11.8. The Morgan fingerprint density at radius 3 is 2.70 bits per heavy atom. The third kappa shape index (κ3) is 3.16. The first-order valence-corrected chi connectivity index (χ1v) is 8.18. The zero-order chi connectivity index (χ0) is 14.9. The first-order chi connectivity index (χ1) is 9.28. The molecule has 0 atom stereocenters. The standard InChI is InChI=1S/C13H15NO5S/c1-20(18,19)6-2-5-14-11-7-10(13(16)17)4-3-9(11)8-12(14)15/h3-4,7H,2,5-6,8H2,1H3,(H,16,17). The fourth-order valence-electron chi connectivity index (χ4n) is 2.22. The van der Waals surface area contributed by atoms with Crippen molar-refractivity contribution in [2.45, 2.75) is 12.8 Å². The molecule has 6 nitrogen and oxygen atoms in total. The molecule has 1 aliphatic heterocycles. The summed E-state index contributed by atoms with van der Waals surface area (Å²) in [7, 11) is -3.06. The lowest BCUT2D eigenvalue weighted by atomic mass is 10.1. The van der Waals surface area contributed by atoms with Crippen LogP contribution in [0.1, 0.15) is 22.3 Å². The summed E-state index contributed by atoms with van der Waals surface area (Å²) in [6.07, 6.45) is 1.71. The molecule has 1 aliphatic rings. The summed E-state index contributed by atoms with van der Waals surface area (Å²) in [5.74, 6) is -1.18. The molecule has 7 heteroatoms. The molecule has 0 unspecified atom stereocenters. The molecule has 0 saturated carbocycles. The molecular weight excluding hydrogens is 282 g/mol. The van der Waals surface area contributed by atoms with Crippen LogP contribution in [0.2, 0.25) is 0 Å². The minimum atomic E-state index is -3.06. The number of aromatic carboxylic acids is 1. The molecular formula is C13H15NO5S. The second-order valence-electron chi connectivity index (χ2n) is 4.85. The topological polar surface area (TPSA) is 91.8 Å². The maximum absolute atomic E-state index is 11.9. The molecule has 1 amide bonds. The second-order valence-corrected chi connectivity index (χ2v) is 7.11. The average molecular weight is 297 g/mol. The number of sulfone groups is 1. The number of anilines is 1. The summed E-state index contributed by atoms with van der Waals surface area (Å²) in [6.45, 7) is 0.280. The number of carbonyl (C=O) groups is 2. The quantitative estimate of drug-likeness (QED) is 0.864. The van der Waals surface area contributed by atoms with Gasteiger partial charge in [-0.25, -0.2) is 13.2 Å². The molecule has 0 radical (unpaired) electrons. The maximum atomic E-state index is 11.9. The molecule has 1 aromatic carbocycles. The predicted molar refractivity (Wildman–Crippen MR) is 73.8 cm³/mol. The Bertz CT molecular complexity index is 665. The van der Waals surface area contributed by atoms with Gasteiger partial charge in [0, 0.05) is 18.5 Å². The Hall–Kier alpha value is -1.89.